The molecule has 4 aromatic carbocycles. The predicted octanol–water partition coefficient (Wildman–Crippen LogP) is 8.78. The molecule has 0 amide bonds. The highest BCUT2D eigenvalue weighted by Crippen LogP contribution is 2.33. The van der Waals surface area contributed by atoms with Crippen molar-refractivity contribution in [2.24, 2.45) is 0 Å². The lowest BCUT2D eigenvalue weighted by Crippen LogP contribution is -2.49. The van der Waals surface area contributed by atoms with E-state index in [0.29, 0.717) is 59.0 Å². The first kappa shape index (κ1) is 43.8. The first-order chi connectivity index (χ1) is 28.5. The fourth-order valence-electron chi connectivity index (χ4n) is 6.40. The van der Waals surface area contributed by atoms with E-state index >= 15 is 0 Å². The van der Waals surface area contributed by atoms with Crippen molar-refractivity contribution >= 4 is 76.2 Å². The van der Waals surface area contributed by atoms with Crippen LogP contribution in [-0.4, -0.2) is 87.8 Å². The van der Waals surface area contributed by atoms with Crippen LogP contribution in [0.1, 0.15) is 0 Å². The minimum atomic E-state index is -4.29. The van der Waals surface area contributed by atoms with E-state index in [9.17, 15) is 43.2 Å². The van der Waals surface area contributed by atoms with E-state index in [4.69, 9.17) is 23.2 Å². The molecule has 2 fully saturated rings. The van der Waals surface area contributed by atoms with Crippen molar-refractivity contribution in [2.45, 2.75) is 9.79 Å². The number of sulfonamides is 2. The Kier molecular flexibility index (Phi) is 13.1. The van der Waals surface area contributed by atoms with Gasteiger partial charge in [0.05, 0.1) is 16.4 Å². The van der Waals surface area contributed by atoms with E-state index in [1.165, 1.54) is 46.9 Å². The van der Waals surface area contributed by atoms with E-state index in [2.05, 4.69) is 9.97 Å². The maximum Gasteiger partial charge on any atom is 0.249 e. The van der Waals surface area contributed by atoms with Crippen molar-refractivity contribution in [3.05, 3.63) is 129 Å². The number of benzene rings is 4. The summed E-state index contributed by atoms with van der Waals surface area (Å²) in [6.45, 7) is 1.45. The molecule has 2 aliphatic rings. The van der Waals surface area contributed by atoms with Crippen LogP contribution >= 0.6 is 45.9 Å². The molecule has 10 nitrogen and oxygen atoms in total. The number of thiazole rings is 2. The molecule has 0 aliphatic carbocycles. The normalized spacial score (nSPS) is 15.5. The topological polar surface area (TPSA) is 107 Å². The van der Waals surface area contributed by atoms with Gasteiger partial charge in [0.15, 0.2) is 20.1 Å². The number of aromatic nitrogens is 2. The van der Waals surface area contributed by atoms with Crippen molar-refractivity contribution in [3.63, 3.8) is 0 Å². The molecule has 60 heavy (non-hydrogen) atoms. The lowest BCUT2D eigenvalue weighted by molar-refractivity contribution is 0.378. The van der Waals surface area contributed by atoms with Gasteiger partial charge in [0, 0.05) is 79.3 Å². The molecular formula is C38H30Cl2F6N6O4S4. The van der Waals surface area contributed by atoms with Gasteiger partial charge in [0.2, 0.25) is 20.0 Å². The third-order valence-corrected chi connectivity index (χ3v) is 15.6. The molecule has 4 heterocycles. The lowest BCUT2D eigenvalue weighted by Gasteiger charge is -2.33. The van der Waals surface area contributed by atoms with Gasteiger partial charge < -0.3 is 9.80 Å². The van der Waals surface area contributed by atoms with Gasteiger partial charge in [-0.3, -0.25) is 0 Å². The fourth-order valence-corrected chi connectivity index (χ4v) is 11.6. The predicted molar refractivity (Wildman–Crippen MR) is 220 cm³/mol. The Balaban J connectivity index is 0.000000181. The molecule has 0 bridgehead atoms. The second-order valence-corrected chi connectivity index (χ2v) is 19.5. The third kappa shape index (κ3) is 9.30. The number of halogens is 8. The van der Waals surface area contributed by atoms with Gasteiger partial charge in [-0.2, -0.15) is 8.61 Å². The maximum atomic E-state index is 14.0. The first-order valence-corrected chi connectivity index (χ1v) is 23.1. The third-order valence-electron chi connectivity index (χ3n) is 9.41. The van der Waals surface area contributed by atoms with E-state index in [1.54, 1.807) is 22.9 Å². The number of piperazine rings is 2. The molecule has 2 aromatic heterocycles. The van der Waals surface area contributed by atoms with Crippen molar-refractivity contribution < 1.29 is 43.2 Å². The molecule has 0 N–H and O–H groups in total. The molecule has 316 valence electrons. The zero-order valence-corrected chi connectivity index (χ0v) is 35.5. The zero-order chi connectivity index (χ0) is 42.9. The van der Waals surface area contributed by atoms with Crippen molar-refractivity contribution in [2.75, 3.05) is 62.2 Å². The largest absolute Gasteiger partial charge is 0.345 e. The summed E-state index contributed by atoms with van der Waals surface area (Å²) >= 11 is 14.4. The van der Waals surface area contributed by atoms with Gasteiger partial charge in [-0.15, -0.1) is 22.7 Å². The van der Waals surface area contributed by atoms with E-state index < -0.39 is 64.7 Å². The average Bonchev–Trinajstić information content (AvgIpc) is 3.91. The fraction of sp³-hybridized carbons (Fsp3) is 0.211. The van der Waals surface area contributed by atoms with E-state index in [1.807, 2.05) is 9.80 Å². The van der Waals surface area contributed by atoms with Gasteiger partial charge in [-0.05, 0) is 60.7 Å². The highest BCUT2D eigenvalue weighted by molar-refractivity contribution is 7.89. The number of anilines is 2. The standard InChI is InChI=1S/2C19H15ClF3N3O2S2/c20-13-8-12(9-14(21)10-13)17-11-29-19(24-17)25-4-6-26(7-5-25)30(27,28)18-15(22)2-1-3-16(18)23;20-13-10-12(4-5-14(13)21)17-11-29-19(24-17)25-6-8-26(9-7-25)30(27,28)18-15(22)2-1-3-16(18)23/h1-3,8-11H,4-7H2;1-5,10-11H,6-9H2. The summed E-state index contributed by atoms with van der Waals surface area (Å²) in [5, 5.41) is 5.13. The Labute approximate surface area is 359 Å². The molecule has 0 unspecified atom stereocenters. The molecule has 6 aromatic rings. The van der Waals surface area contributed by atoms with Crippen molar-refractivity contribution in [3.8, 4) is 22.5 Å². The van der Waals surface area contributed by atoms with Gasteiger partial charge in [0.25, 0.3) is 0 Å². The molecule has 0 spiro atoms. The van der Waals surface area contributed by atoms with Crippen molar-refractivity contribution in [1.29, 1.82) is 0 Å². The summed E-state index contributed by atoms with van der Waals surface area (Å²) in [4.78, 5) is 10.9. The quantitative estimate of drug-likeness (QED) is 0.140. The number of hydrogen-bond donors (Lipinski definition) is 0. The molecular weight excluding hydrogens is 918 g/mol. The van der Waals surface area contributed by atoms with Gasteiger partial charge in [-0.25, -0.2) is 53.1 Å². The molecule has 0 atom stereocenters. The highest BCUT2D eigenvalue weighted by atomic mass is 35.5. The molecule has 2 saturated heterocycles. The van der Waals surface area contributed by atoms with E-state index in [-0.39, 0.29) is 36.2 Å². The van der Waals surface area contributed by atoms with E-state index in [0.717, 1.165) is 45.0 Å². The monoisotopic (exact) mass is 946 g/mol. The molecule has 0 radical (unpaired) electrons. The number of hydrogen-bond acceptors (Lipinski definition) is 10. The minimum absolute atomic E-state index is 0.00115. The zero-order valence-electron chi connectivity index (χ0n) is 30.7. The smallest absolute Gasteiger partial charge is 0.249 e. The molecule has 8 rings (SSSR count). The summed E-state index contributed by atoms with van der Waals surface area (Å²) in [6, 6.07) is 14.4. The summed E-state index contributed by atoms with van der Waals surface area (Å²) < 4.78 is 136. The Hall–Kier alpha value is -4.28. The molecule has 0 saturated carbocycles. The van der Waals surface area contributed by atoms with Crippen LogP contribution < -0.4 is 9.80 Å². The Bertz CT molecular complexity index is 2700. The molecule has 22 heteroatoms. The van der Waals surface area contributed by atoms with Crippen LogP contribution in [0.25, 0.3) is 22.5 Å². The average molecular weight is 948 g/mol. The summed E-state index contributed by atoms with van der Waals surface area (Å²) in [6.07, 6.45) is 0. The van der Waals surface area contributed by atoms with Gasteiger partial charge in [0.1, 0.15) is 34.9 Å². The van der Waals surface area contributed by atoms with Gasteiger partial charge >= 0.3 is 0 Å². The Morgan fingerprint density at radius 1 is 0.517 bits per heavy atom. The second-order valence-electron chi connectivity index (χ2n) is 13.2. The SMILES string of the molecule is O=S(=O)(c1c(F)cccc1F)N1CCN(c2nc(-c3cc(F)cc(Cl)c3)cs2)CC1.O=S(=O)(c1c(F)cccc1F)N1CCN(c2nc(-c3ccc(F)c(Cl)c3)cs2)CC1. The van der Waals surface area contributed by atoms with Crippen LogP contribution in [0.3, 0.4) is 0 Å². The van der Waals surface area contributed by atoms with Crippen LogP contribution in [0.5, 0.6) is 0 Å². The van der Waals surface area contributed by atoms with Crippen LogP contribution in [0.4, 0.5) is 36.6 Å². The second kappa shape index (κ2) is 18.0. The Morgan fingerprint density at radius 2 is 0.950 bits per heavy atom. The van der Waals surface area contributed by atoms with Crippen LogP contribution in [0.2, 0.25) is 10.0 Å². The van der Waals surface area contributed by atoms with Crippen molar-refractivity contribution in [1.82, 2.24) is 18.6 Å². The molecule has 2 aliphatic heterocycles. The summed E-state index contributed by atoms with van der Waals surface area (Å²) in [5.41, 5.74) is 2.39. The number of nitrogens with zero attached hydrogens (tertiary/aromatic N) is 6. The lowest BCUT2D eigenvalue weighted by atomic mass is 10.2. The summed E-state index contributed by atoms with van der Waals surface area (Å²) in [5.74, 6) is -5.43. The van der Waals surface area contributed by atoms with Crippen LogP contribution in [0.15, 0.2) is 93.3 Å². The first-order valence-electron chi connectivity index (χ1n) is 17.7. The number of rotatable bonds is 8. The maximum absolute atomic E-state index is 14.0. The highest BCUT2D eigenvalue weighted by Gasteiger charge is 2.35. The van der Waals surface area contributed by atoms with Crippen LogP contribution in [-0.2, 0) is 20.0 Å². The van der Waals surface area contributed by atoms with Gasteiger partial charge in [-0.1, -0.05) is 35.3 Å². The van der Waals surface area contributed by atoms with Crippen LogP contribution in [0, 0.1) is 34.9 Å². The minimum Gasteiger partial charge on any atom is -0.345 e. The summed E-state index contributed by atoms with van der Waals surface area (Å²) in [7, 11) is -8.58. The Morgan fingerprint density at radius 3 is 1.37 bits per heavy atom.